The highest BCUT2D eigenvalue weighted by Crippen LogP contribution is 2.15. The van der Waals surface area contributed by atoms with Crippen LogP contribution in [0.5, 0.6) is 5.75 Å². The number of carbonyl (C=O) groups is 3. The number of carbonyl (C=O) groups excluding carboxylic acids is 3. The van der Waals surface area contributed by atoms with Crippen molar-refractivity contribution in [1.29, 1.82) is 0 Å². The second-order valence-corrected chi connectivity index (χ2v) is 5.40. The zero-order valence-corrected chi connectivity index (χ0v) is 14.2. The van der Waals surface area contributed by atoms with Crippen LogP contribution in [-0.2, 0) is 9.53 Å². The van der Waals surface area contributed by atoms with Crippen LogP contribution in [0.25, 0.3) is 0 Å². The smallest absolute Gasteiger partial charge is 0.339 e. The van der Waals surface area contributed by atoms with Crippen LogP contribution in [0.4, 0.5) is 5.69 Å². The van der Waals surface area contributed by atoms with Crippen LogP contribution >= 0.6 is 0 Å². The Balaban J connectivity index is 1.97. The fourth-order valence-corrected chi connectivity index (χ4v) is 2.06. The summed E-state index contributed by atoms with van der Waals surface area (Å²) in [6.07, 6.45) is -0.980. The lowest BCUT2D eigenvalue weighted by Gasteiger charge is -2.14. The summed E-state index contributed by atoms with van der Waals surface area (Å²) in [6, 6.07) is 12.9. The van der Waals surface area contributed by atoms with E-state index in [0.29, 0.717) is 22.6 Å². The van der Waals surface area contributed by atoms with Crippen LogP contribution in [0, 0.1) is 0 Å². The number of hydrogen-bond donors (Lipinski definition) is 1. The summed E-state index contributed by atoms with van der Waals surface area (Å²) in [6.45, 7) is 2.95. The van der Waals surface area contributed by atoms with Crippen molar-refractivity contribution in [2.24, 2.45) is 0 Å². The van der Waals surface area contributed by atoms with Crippen LogP contribution in [0.15, 0.2) is 48.5 Å². The van der Waals surface area contributed by atoms with E-state index in [4.69, 9.17) is 9.47 Å². The van der Waals surface area contributed by atoms with Gasteiger partial charge in [-0.3, -0.25) is 9.59 Å². The number of amides is 1. The Labute approximate surface area is 145 Å². The lowest BCUT2D eigenvalue weighted by atomic mass is 10.1. The second-order valence-electron chi connectivity index (χ2n) is 5.40. The Morgan fingerprint density at radius 2 is 1.68 bits per heavy atom. The van der Waals surface area contributed by atoms with Crippen molar-refractivity contribution in [1.82, 2.24) is 0 Å². The van der Waals surface area contributed by atoms with Gasteiger partial charge in [0.1, 0.15) is 5.75 Å². The van der Waals surface area contributed by atoms with Crippen molar-refractivity contribution in [3.63, 3.8) is 0 Å². The van der Waals surface area contributed by atoms with Gasteiger partial charge in [-0.1, -0.05) is 6.07 Å². The van der Waals surface area contributed by atoms with Crippen molar-refractivity contribution >= 4 is 23.3 Å². The maximum atomic E-state index is 12.1. The molecular formula is C19H19NO5. The summed E-state index contributed by atoms with van der Waals surface area (Å²) in [7, 11) is 1.50. The Hall–Kier alpha value is -3.15. The molecule has 0 bridgehead atoms. The number of anilines is 1. The van der Waals surface area contributed by atoms with E-state index in [-0.39, 0.29) is 5.78 Å². The maximum absolute atomic E-state index is 12.1. The van der Waals surface area contributed by atoms with Gasteiger partial charge in [0.2, 0.25) is 0 Å². The lowest BCUT2D eigenvalue weighted by molar-refractivity contribution is -0.123. The molecule has 25 heavy (non-hydrogen) atoms. The van der Waals surface area contributed by atoms with Crippen molar-refractivity contribution in [2.75, 3.05) is 12.4 Å². The van der Waals surface area contributed by atoms with Gasteiger partial charge in [-0.05, 0) is 56.3 Å². The second kappa shape index (κ2) is 8.10. The molecule has 0 heterocycles. The maximum Gasteiger partial charge on any atom is 0.339 e. The molecule has 1 N–H and O–H groups in total. The van der Waals surface area contributed by atoms with E-state index in [1.807, 2.05) is 0 Å². The molecule has 0 aliphatic carbocycles. The first kappa shape index (κ1) is 18.2. The van der Waals surface area contributed by atoms with Crippen LogP contribution in [0.2, 0.25) is 0 Å². The van der Waals surface area contributed by atoms with Crippen molar-refractivity contribution in [3.05, 3.63) is 59.7 Å². The summed E-state index contributed by atoms with van der Waals surface area (Å²) >= 11 is 0. The molecule has 6 nitrogen and oxygen atoms in total. The largest absolute Gasteiger partial charge is 0.497 e. The van der Waals surface area contributed by atoms with Crippen LogP contribution in [-0.4, -0.2) is 30.9 Å². The number of hydrogen-bond acceptors (Lipinski definition) is 5. The van der Waals surface area contributed by atoms with Gasteiger partial charge in [0, 0.05) is 11.3 Å². The van der Waals surface area contributed by atoms with E-state index >= 15 is 0 Å². The highest BCUT2D eigenvalue weighted by Gasteiger charge is 2.19. The normalized spacial score (nSPS) is 11.3. The quantitative estimate of drug-likeness (QED) is 0.645. The number of Topliss-reactive ketones (excluding diaryl/α,β-unsaturated/α-hetero) is 1. The Morgan fingerprint density at radius 3 is 2.28 bits per heavy atom. The predicted octanol–water partition coefficient (Wildman–Crippen LogP) is 3.08. The SMILES string of the molecule is COc1cccc(C(=O)O[C@@H](C)C(=O)Nc2ccc(C(C)=O)cc2)c1. The minimum absolute atomic E-state index is 0.0570. The molecule has 0 fully saturated rings. The third-order valence-corrected chi connectivity index (χ3v) is 3.52. The number of nitrogens with one attached hydrogen (secondary N) is 1. The van der Waals surface area contributed by atoms with Gasteiger partial charge in [0.15, 0.2) is 11.9 Å². The fraction of sp³-hybridized carbons (Fsp3) is 0.211. The van der Waals surface area contributed by atoms with Gasteiger partial charge in [-0.25, -0.2) is 4.79 Å². The molecule has 0 saturated carbocycles. The van der Waals surface area contributed by atoms with E-state index in [1.54, 1.807) is 42.5 Å². The van der Waals surface area contributed by atoms with E-state index < -0.39 is 18.0 Å². The van der Waals surface area contributed by atoms with Crippen LogP contribution in [0.1, 0.15) is 34.6 Å². The fourth-order valence-electron chi connectivity index (χ4n) is 2.06. The monoisotopic (exact) mass is 341 g/mol. The highest BCUT2D eigenvalue weighted by atomic mass is 16.5. The topological polar surface area (TPSA) is 81.7 Å². The van der Waals surface area contributed by atoms with Gasteiger partial charge < -0.3 is 14.8 Å². The average molecular weight is 341 g/mol. The number of ketones is 1. The van der Waals surface area contributed by atoms with Crippen molar-refractivity contribution in [2.45, 2.75) is 20.0 Å². The van der Waals surface area contributed by atoms with Gasteiger partial charge >= 0.3 is 5.97 Å². The summed E-state index contributed by atoms with van der Waals surface area (Å²) in [5.41, 5.74) is 1.36. The molecule has 0 unspecified atom stereocenters. The minimum atomic E-state index is -0.980. The van der Waals surface area contributed by atoms with Crippen LogP contribution < -0.4 is 10.1 Å². The highest BCUT2D eigenvalue weighted by molar-refractivity contribution is 5.98. The first-order valence-corrected chi connectivity index (χ1v) is 7.67. The van der Waals surface area contributed by atoms with Gasteiger partial charge in [-0.2, -0.15) is 0 Å². The lowest BCUT2D eigenvalue weighted by Crippen LogP contribution is -2.30. The number of benzene rings is 2. The summed E-state index contributed by atoms with van der Waals surface area (Å²) in [4.78, 5) is 35.5. The molecule has 0 aliphatic rings. The molecule has 2 aromatic carbocycles. The number of esters is 1. The molecule has 0 saturated heterocycles. The first-order chi connectivity index (χ1) is 11.9. The van der Waals surface area contributed by atoms with Crippen molar-refractivity contribution in [3.8, 4) is 5.75 Å². The number of rotatable bonds is 6. The first-order valence-electron chi connectivity index (χ1n) is 7.67. The zero-order valence-electron chi connectivity index (χ0n) is 14.2. The number of ether oxygens (including phenoxy) is 2. The van der Waals surface area contributed by atoms with Gasteiger partial charge in [-0.15, -0.1) is 0 Å². The van der Waals surface area contributed by atoms with Gasteiger partial charge in [0.05, 0.1) is 12.7 Å². The summed E-state index contributed by atoms with van der Waals surface area (Å²) in [5, 5.41) is 2.64. The molecular weight excluding hydrogens is 322 g/mol. The Morgan fingerprint density at radius 1 is 1.00 bits per heavy atom. The zero-order chi connectivity index (χ0) is 18.4. The molecule has 0 spiro atoms. The van der Waals surface area contributed by atoms with E-state index in [2.05, 4.69) is 5.32 Å². The molecule has 0 aliphatic heterocycles. The van der Waals surface area contributed by atoms with E-state index in [0.717, 1.165) is 0 Å². The molecule has 130 valence electrons. The molecule has 2 aromatic rings. The summed E-state index contributed by atoms with van der Waals surface area (Å²) < 4.78 is 10.2. The predicted molar refractivity (Wildman–Crippen MR) is 92.9 cm³/mol. The van der Waals surface area contributed by atoms with E-state index in [1.165, 1.54) is 27.0 Å². The minimum Gasteiger partial charge on any atom is -0.497 e. The molecule has 0 radical (unpaired) electrons. The third-order valence-electron chi connectivity index (χ3n) is 3.52. The summed E-state index contributed by atoms with van der Waals surface area (Å²) in [5.74, 6) is -0.615. The molecule has 2 rings (SSSR count). The Kier molecular flexibility index (Phi) is 5.89. The number of methoxy groups -OCH3 is 1. The Bertz CT molecular complexity index is 783. The van der Waals surface area contributed by atoms with Crippen molar-refractivity contribution < 1.29 is 23.9 Å². The third kappa shape index (κ3) is 4.91. The standard InChI is InChI=1S/C19H19NO5/c1-12(21)14-7-9-16(10-8-14)20-18(22)13(2)25-19(23)15-5-4-6-17(11-15)24-3/h4-11,13H,1-3H3,(H,20,22)/t13-/m0/s1. The average Bonchev–Trinajstić information content (AvgIpc) is 2.62. The molecule has 1 atom stereocenters. The van der Waals surface area contributed by atoms with Crippen LogP contribution in [0.3, 0.4) is 0 Å². The molecule has 0 aromatic heterocycles. The molecule has 6 heteroatoms. The molecule has 1 amide bonds. The van der Waals surface area contributed by atoms with E-state index in [9.17, 15) is 14.4 Å². The van der Waals surface area contributed by atoms with Gasteiger partial charge in [0.25, 0.3) is 5.91 Å².